The molecule has 146 valence electrons. The Hall–Kier alpha value is -2.44. The van der Waals surface area contributed by atoms with E-state index in [9.17, 15) is 9.59 Å². The largest absolute Gasteiger partial charge is 0.422 e. The molecule has 0 unspecified atom stereocenters. The van der Waals surface area contributed by atoms with Gasteiger partial charge in [0.15, 0.2) is 0 Å². The van der Waals surface area contributed by atoms with Crippen LogP contribution < -0.4 is 11.2 Å². The van der Waals surface area contributed by atoms with Crippen molar-refractivity contribution in [3.05, 3.63) is 72.2 Å². The lowest BCUT2D eigenvalue weighted by molar-refractivity contribution is 0.238. The second kappa shape index (κ2) is 7.18. The van der Waals surface area contributed by atoms with Gasteiger partial charge in [-0.05, 0) is 19.1 Å². The van der Waals surface area contributed by atoms with Crippen LogP contribution in [0.3, 0.4) is 0 Å². The number of hydrogen-bond acceptors (Lipinski definition) is 5. The molecule has 0 radical (unpaired) electrons. The zero-order valence-electron chi connectivity index (χ0n) is 16.1. The van der Waals surface area contributed by atoms with E-state index in [0.29, 0.717) is 53.6 Å². The van der Waals surface area contributed by atoms with E-state index in [1.54, 1.807) is 6.07 Å². The van der Waals surface area contributed by atoms with Gasteiger partial charge in [0, 0.05) is 37.4 Å². The zero-order chi connectivity index (χ0) is 20.0. The third kappa shape index (κ3) is 3.38. The molecule has 0 aliphatic carbocycles. The number of aromatic amines is 1. The molecule has 1 N–H and O–H groups in total. The molecular weight excluding hydrogens is 378 g/mol. The normalized spacial score (nSPS) is 14.6. The summed E-state index contributed by atoms with van der Waals surface area (Å²) < 4.78 is 5.46. The van der Waals surface area contributed by atoms with Crippen molar-refractivity contribution in [3.63, 3.8) is 0 Å². The number of H-pyrrole nitrogens is 1. The van der Waals surface area contributed by atoms with Crippen LogP contribution in [0.4, 0.5) is 0 Å². The minimum absolute atomic E-state index is 0.106. The maximum absolute atomic E-state index is 12.5. The molecule has 0 atom stereocenters. The molecule has 2 aromatic heterocycles. The van der Waals surface area contributed by atoms with Gasteiger partial charge in [0.1, 0.15) is 11.4 Å². The Labute approximate surface area is 167 Å². The average Bonchev–Trinajstić information content (AvgIpc) is 2.66. The summed E-state index contributed by atoms with van der Waals surface area (Å²) in [6, 6.07) is 5.56. The summed E-state index contributed by atoms with van der Waals surface area (Å²) in [6.45, 7) is 7.42. The third-order valence-electron chi connectivity index (χ3n) is 5.18. The predicted molar refractivity (Wildman–Crippen MR) is 109 cm³/mol. The highest BCUT2D eigenvalue weighted by molar-refractivity contribution is 6.36. The highest BCUT2D eigenvalue weighted by atomic mass is 35.5. The van der Waals surface area contributed by atoms with Gasteiger partial charge in [0.2, 0.25) is 0 Å². The smallest absolute Gasteiger partial charge is 0.342 e. The molecule has 3 heterocycles. The lowest BCUT2D eigenvalue weighted by Crippen LogP contribution is -2.37. The molecule has 0 bridgehead atoms. The molecule has 0 amide bonds. The van der Waals surface area contributed by atoms with Crippen LogP contribution in [-0.2, 0) is 19.5 Å². The molecule has 7 heteroatoms. The van der Waals surface area contributed by atoms with Crippen molar-refractivity contribution in [2.45, 2.75) is 46.2 Å². The Bertz CT molecular complexity index is 1180. The molecule has 4 rings (SSSR count). The lowest BCUT2D eigenvalue weighted by atomic mass is 10.0. The molecule has 1 aliphatic heterocycles. The highest BCUT2D eigenvalue weighted by Crippen LogP contribution is 2.27. The van der Waals surface area contributed by atoms with Gasteiger partial charge in [0.05, 0.1) is 21.8 Å². The number of rotatable bonds is 3. The van der Waals surface area contributed by atoms with Crippen molar-refractivity contribution in [1.29, 1.82) is 0 Å². The van der Waals surface area contributed by atoms with Crippen molar-refractivity contribution in [3.8, 4) is 0 Å². The van der Waals surface area contributed by atoms with Gasteiger partial charge >= 0.3 is 5.63 Å². The Morgan fingerprint density at radius 3 is 2.86 bits per heavy atom. The summed E-state index contributed by atoms with van der Waals surface area (Å²) in [4.78, 5) is 34.5. The van der Waals surface area contributed by atoms with Gasteiger partial charge in [-0.15, -0.1) is 0 Å². The average molecular weight is 400 g/mol. The van der Waals surface area contributed by atoms with Gasteiger partial charge in [-0.1, -0.05) is 37.1 Å². The third-order valence-corrected chi connectivity index (χ3v) is 5.61. The predicted octanol–water partition coefficient (Wildman–Crippen LogP) is 3.52. The number of nitrogens with zero attached hydrogens (tertiary/aromatic N) is 2. The topological polar surface area (TPSA) is 79.2 Å². The molecule has 1 aromatic carbocycles. The summed E-state index contributed by atoms with van der Waals surface area (Å²) >= 11 is 6.56. The summed E-state index contributed by atoms with van der Waals surface area (Å²) in [6.07, 6.45) is 0.661. The van der Waals surface area contributed by atoms with Gasteiger partial charge in [-0.3, -0.25) is 9.69 Å². The molecule has 0 saturated heterocycles. The number of nitrogens with one attached hydrogen (secondary N) is 1. The molecule has 0 fully saturated rings. The Balaban J connectivity index is 1.67. The first-order valence-electron chi connectivity index (χ1n) is 9.39. The van der Waals surface area contributed by atoms with E-state index < -0.39 is 5.63 Å². The molecule has 0 spiro atoms. The van der Waals surface area contributed by atoms with E-state index >= 15 is 0 Å². The van der Waals surface area contributed by atoms with Crippen LogP contribution in [0, 0.1) is 6.92 Å². The zero-order valence-corrected chi connectivity index (χ0v) is 16.9. The van der Waals surface area contributed by atoms with Crippen LogP contribution in [-0.4, -0.2) is 21.4 Å². The van der Waals surface area contributed by atoms with Crippen molar-refractivity contribution < 1.29 is 4.42 Å². The fraction of sp³-hybridized carbons (Fsp3) is 0.381. The van der Waals surface area contributed by atoms with Crippen LogP contribution >= 0.6 is 11.6 Å². The van der Waals surface area contributed by atoms with Crippen LogP contribution in [0.1, 0.15) is 48.0 Å². The Morgan fingerprint density at radius 2 is 2.11 bits per heavy atom. The summed E-state index contributed by atoms with van der Waals surface area (Å²) in [5.41, 5.74) is 2.91. The van der Waals surface area contributed by atoms with Gasteiger partial charge in [-0.2, -0.15) is 0 Å². The first-order valence-corrected chi connectivity index (χ1v) is 9.77. The van der Waals surface area contributed by atoms with E-state index in [4.69, 9.17) is 16.0 Å². The quantitative estimate of drug-likeness (QED) is 0.681. The standard InChI is InChI=1S/C21H22ClN3O3/c1-11(2)19-23-16-6-7-25(9-14(16)20(26)24-19)10-15-18(22)13-8-12(3)4-5-17(13)28-21(15)27/h4-5,8,11H,6-7,9-10H2,1-3H3,(H,23,24,26). The maximum atomic E-state index is 12.5. The number of halogens is 1. The lowest BCUT2D eigenvalue weighted by Gasteiger charge is -2.28. The second-order valence-corrected chi connectivity index (χ2v) is 8.05. The molecule has 28 heavy (non-hydrogen) atoms. The fourth-order valence-electron chi connectivity index (χ4n) is 3.58. The number of hydrogen-bond donors (Lipinski definition) is 1. The number of fused-ring (bicyclic) bond motifs is 2. The monoisotopic (exact) mass is 399 g/mol. The van der Waals surface area contributed by atoms with E-state index in [1.807, 2.05) is 37.8 Å². The van der Waals surface area contributed by atoms with Gasteiger partial charge in [-0.25, -0.2) is 9.78 Å². The van der Waals surface area contributed by atoms with Crippen LogP contribution in [0.2, 0.25) is 5.02 Å². The van der Waals surface area contributed by atoms with E-state index in [2.05, 4.69) is 9.97 Å². The summed E-state index contributed by atoms with van der Waals surface area (Å²) in [5, 5.41) is 1.15. The number of aryl methyl sites for hydroxylation is 1. The molecule has 3 aromatic rings. The summed E-state index contributed by atoms with van der Waals surface area (Å²) in [5.74, 6) is 0.881. The second-order valence-electron chi connectivity index (χ2n) is 7.67. The van der Waals surface area contributed by atoms with Crippen molar-refractivity contribution in [2.75, 3.05) is 6.54 Å². The van der Waals surface area contributed by atoms with Crippen LogP contribution in [0.15, 0.2) is 32.2 Å². The molecule has 6 nitrogen and oxygen atoms in total. The van der Waals surface area contributed by atoms with Crippen LogP contribution in [0.25, 0.3) is 11.0 Å². The fourth-order valence-corrected chi connectivity index (χ4v) is 3.87. The summed E-state index contributed by atoms with van der Waals surface area (Å²) in [7, 11) is 0. The number of benzene rings is 1. The Morgan fingerprint density at radius 1 is 1.32 bits per heavy atom. The van der Waals surface area contributed by atoms with E-state index in [-0.39, 0.29) is 11.5 Å². The SMILES string of the molecule is Cc1ccc2oc(=O)c(CN3CCc4nc(C(C)C)[nH]c(=O)c4C3)c(Cl)c2c1. The first-order chi connectivity index (χ1) is 13.3. The van der Waals surface area contributed by atoms with Gasteiger partial charge < -0.3 is 9.40 Å². The molecule has 1 aliphatic rings. The first kappa shape index (κ1) is 18.9. The minimum atomic E-state index is -0.436. The van der Waals surface area contributed by atoms with Crippen molar-refractivity contribution in [2.24, 2.45) is 0 Å². The highest BCUT2D eigenvalue weighted by Gasteiger charge is 2.24. The van der Waals surface area contributed by atoms with Crippen LogP contribution in [0.5, 0.6) is 0 Å². The Kier molecular flexibility index (Phi) is 4.85. The van der Waals surface area contributed by atoms with Crippen molar-refractivity contribution >= 4 is 22.6 Å². The van der Waals surface area contributed by atoms with Crippen molar-refractivity contribution in [1.82, 2.24) is 14.9 Å². The molecule has 0 saturated carbocycles. The maximum Gasteiger partial charge on any atom is 0.342 e. The minimum Gasteiger partial charge on any atom is -0.422 e. The molecular formula is C21H22ClN3O3. The van der Waals surface area contributed by atoms with E-state index in [0.717, 1.165) is 16.6 Å². The number of aromatic nitrogens is 2. The van der Waals surface area contributed by atoms with Gasteiger partial charge in [0.25, 0.3) is 5.56 Å². The van der Waals surface area contributed by atoms with E-state index in [1.165, 1.54) is 0 Å².